The van der Waals surface area contributed by atoms with Crippen LogP contribution in [0.5, 0.6) is 5.75 Å². The molecule has 0 aliphatic heterocycles. The predicted molar refractivity (Wildman–Crippen MR) is 110 cm³/mol. The topological polar surface area (TPSA) is 101 Å². The van der Waals surface area contributed by atoms with Crippen molar-refractivity contribution in [2.24, 2.45) is 0 Å². The molecule has 0 saturated heterocycles. The first-order valence-electron chi connectivity index (χ1n) is 8.92. The third-order valence-electron chi connectivity index (χ3n) is 4.11. The van der Waals surface area contributed by atoms with Crippen LogP contribution in [0.3, 0.4) is 0 Å². The van der Waals surface area contributed by atoms with Crippen LogP contribution in [0.4, 0.5) is 27.6 Å². The molecule has 3 rings (SSSR count). The lowest BCUT2D eigenvalue weighted by molar-refractivity contribution is -0.153. The summed E-state index contributed by atoms with van der Waals surface area (Å²) in [4.78, 5) is 31.1. The Hall–Kier alpha value is -3.51. The van der Waals surface area contributed by atoms with Crippen molar-refractivity contribution in [1.29, 1.82) is 0 Å². The zero-order valence-electron chi connectivity index (χ0n) is 16.4. The van der Waals surface area contributed by atoms with Gasteiger partial charge in [0.25, 0.3) is 5.91 Å². The zero-order valence-corrected chi connectivity index (χ0v) is 17.9. The van der Waals surface area contributed by atoms with Crippen LogP contribution < -0.4 is 10.1 Å². The quantitative estimate of drug-likeness (QED) is 0.408. The molecule has 0 fully saturated rings. The van der Waals surface area contributed by atoms with Gasteiger partial charge in [-0.05, 0) is 24.3 Å². The summed E-state index contributed by atoms with van der Waals surface area (Å²) in [5, 5.41) is 10.4. The number of carbonyl (C=O) groups excluding carboxylic acids is 1. The number of halogens is 7. The van der Waals surface area contributed by atoms with Crippen LogP contribution in [0, 0.1) is 11.6 Å². The molecule has 1 heterocycles. The van der Waals surface area contributed by atoms with Gasteiger partial charge in [-0.2, -0.15) is 13.2 Å². The molecule has 1 amide bonds. The van der Waals surface area contributed by atoms with Gasteiger partial charge in [-0.1, -0.05) is 29.3 Å². The Bertz CT molecular complexity index is 1270. The second-order valence-electron chi connectivity index (χ2n) is 6.48. The number of anilines is 1. The number of ether oxygens (including phenoxy) is 1. The average Bonchev–Trinajstić information content (AvgIpc) is 2.75. The van der Waals surface area contributed by atoms with Crippen LogP contribution in [0.15, 0.2) is 36.5 Å². The number of nitrogens with zero attached hydrogens (tertiary/aromatic N) is 2. The summed E-state index contributed by atoms with van der Waals surface area (Å²) < 4.78 is 71.8. The van der Waals surface area contributed by atoms with Gasteiger partial charge in [0.1, 0.15) is 17.4 Å². The van der Waals surface area contributed by atoms with Crippen molar-refractivity contribution < 1.29 is 41.4 Å². The molecule has 0 spiro atoms. The monoisotopic (exact) mass is 521 g/mol. The van der Waals surface area contributed by atoms with Crippen molar-refractivity contribution in [2.45, 2.75) is 6.18 Å². The summed E-state index contributed by atoms with van der Waals surface area (Å²) in [6.45, 7) is -1.86. The SMILES string of the molecule is O=C(Nc1c(F)cccc1Cl)c1cc(F)c(-c2cnc(Cl)c(C(=O)O)n2)cc1OCC(F)(F)F. The van der Waals surface area contributed by atoms with E-state index in [0.29, 0.717) is 12.1 Å². The van der Waals surface area contributed by atoms with Gasteiger partial charge in [0.05, 0.1) is 28.2 Å². The molecule has 2 aromatic carbocycles. The predicted octanol–water partition coefficient (Wildman–Crippen LogP) is 5.62. The van der Waals surface area contributed by atoms with E-state index in [9.17, 15) is 31.5 Å². The van der Waals surface area contributed by atoms with Crippen molar-refractivity contribution >= 4 is 40.8 Å². The highest BCUT2D eigenvalue weighted by molar-refractivity contribution is 6.34. The summed E-state index contributed by atoms with van der Waals surface area (Å²) in [7, 11) is 0. The normalized spacial score (nSPS) is 11.3. The van der Waals surface area contributed by atoms with Gasteiger partial charge in [-0.3, -0.25) is 4.79 Å². The first kappa shape index (κ1) is 25.1. The van der Waals surface area contributed by atoms with Crippen molar-refractivity contribution in [3.8, 4) is 17.0 Å². The first-order chi connectivity index (χ1) is 15.9. The standard InChI is InChI=1S/C20H10Cl2F5N3O4/c21-10-2-1-3-11(23)15(10)30-18(31)9-4-12(24)8(5-14(9)34-7-20(25,26)27)13-6-28-17(22)16(29-13)19(32)33/h1-6H,7H2,(H,30,31)(H,32,33). The number of nitrogens with one attached hydrogen (secondary N) is 1. The molecule has 14 heteroatoms. The summed E-state index contributed by atoms with van der Waals surface area (Å²) >= 11 is 11.5. The van der Waals surface area contributed by atoms with Crippen molar-refractivity contribution in [3.63, 3.8) is 0 Å². The van der Waals surface area contributed by atoms with Crippen LogP contribution >= 0.6 is 23.2 Å². The number of alkyl halides is 3. The van der Waals surface area contributed by atoms with Gasteiger partial charge in [0, 0.05) is 5.56 Å². The number of aromatic carboxylic acids is 1. The number of aromatic nitrogens is 2. The second kappa shape index (κ2) is 9.77. The van der Waals surface area contributed by atoms with Crippen molar-refractivity contribution in [1.82, 2.24) is 9.97 Å². The Labute approximate surface area is 197 Å². The Balaban J connectivity index is 2.09. The minimum absolute atomic E-state index is 0.221. The molecule has 0 radical (unpaired) electrons. The zero-order chi connectivity index (χ0) is 25.2. The lowest BCUT2D eigenvalue weighted by Gasteiger charge is -2.16. The van der Waals surface area contributed by atoms with Crippen LogP contribution in [-0.2, 0) is 0 Å². The summed E-state index contributed by atoms with van der Waals surface area (Å²) in [5.74, 6) is -5.73. The lowest BCUT2D eigenvalue weighted by atomic mass is 10.1. The van der Waals surface area contributed by atoms with Gasteiger partial charge >= 0.3 is 12.1 Å². The fraction of sp³-hybridized carbons (Fsp3) is 0.100. The fourth-order valence-electron chi connectivity index (χ4n) is 2.64. The fourth-order valence-corrected chi connectivity index (χ4v) is 3.03. The van der Waals surface area contributed by atoms with E-state index in [-0.39, 0.29) is 5.02 Å². The maximum absolute atomic E-state index is 14.9. The molecule has 0 atom stereocenters. The number of carboxylic acids is 1. The van der Waals surface area contributed by atoms with E-state index < -0.39 is 75.4 Å². The largest absolute Gasteiger partial charge is 0.483 e. The maximum atomic E-state index is 14.9. The van der Waals surface area contributed by atoms with Gasteiger partial charge < -0.3 is 15.2 Å². The minimum Gasteiger partial charge on any atom is -0.483 e. The second-order valence-corrected chi connectivity index (χ2v) is 7.25. The molecule has 7 nitrogen and oxygen atoms in total. The third kappa shape index (κ3) is 5.69. The van der Waals surface area contributed by atoms with Gasteiger partial charge in [0.15, 0.2) is 17.5 Å². The Morgan fingerprint density at radius 3 is 2.44 bits per heavy atom. The first-order valence-corrected chi connectivity index (χ1v) is 9.67. The van der Waals surface area contributed by atoms with E-state index in [1.54, 1.807) is 0 Å². The number of hydrogen-bond acceptors (Lipinski definition) is 5. The third-order valence-corrected chi connectivity index (χ3v) is 4.70. The van der Waals surface area contributed by atoms with Crippen LogP contribution in [0.25, 0.3) is 11.3 Å². The number of para-hydroxylation sites is 1. The smallest absolute Gasteiger partial charge is 0.422 e. The van der Waals surface area contributed by atoms with E-state index in [1.165, 1.54) is 12.1 Å². The molecule has 0 saturated carbocycles. The lowest BCUT2D eigenvalue weighted by Crippen LogP contribution is -2.22. The van der Waals surface area contributed by atoms with Crippen LogP contribution in [0.1, 0.15) is 20.8 Å². The van der Waals surface area contributed by atoms with E-state index in [1.807, 2.05) is 0 Å². The number of carboxylic acid groups (broad SMARTS) is 1. The molecule has 0 aliphatic carbocycles. The number of benzene rings is 2. The van der Waals surface area contributed by atoms with Crippen LogP contribution in [0.2, 0.25) is 10.2 Å². The van der Waals surface area contributed by atoms with E-state index in [4.69, 9.17) is 28.3 Å². The summed E-state index contributed by atoms with van der Waals surface area (Å²) in [6, 6.07) is 4.66. The van der Waals surface area contributed by atoms with Gasteiger partial charge in [-0.15, -0.1) is 0 Å². The minimum atomic E-state index is -4.83. The Morgan fingerprint density at radius 1 is 1.12 bits per heavy atom. The van der Waals surface area contributed by atoms with Gasteiger partial charge in [-0.25, -0.2) is 23.5 Å². The van der Waals surface area contributed by atoms with E-state index >= 15 is 0 Å². The number of amides is 1. The Morgan fingerprint density at radius 2 is 1.82 bits per heavy atom. The molecular formula is C20H10Cl2F5N3O4. The highest BCUT2D eigenvalue weighted by Gasteiger charge is 2.30. The molecule has 0 unspecified atom stereocenters. The van der Waals surface area contributed by atoms with Gasteiger partial charge in [0.2, 0.25) is 0 Å². The molecule has 34 heavy (non-hydrogen) atoms. The van der Waals surface area contributed by atoms with Crippen LogP contribution in [-0.4, -0.2) is 39.7 Å². The molecule has 1 aromatic heterocycles. The van der Waals surface area contributed by atoms with Crippen molar-refractivity contribution in [2.75, 3.05) is 11.9 Å². The summed E-state index contributed by atoms with van der Waals surface area (Å²) in [6.07, 6.45) is -3.95. The molecule has 2 N–H and O–H groups in total. The van der Waals surface area contributed by atoms with Crippen molar-refractivity contribution in [3.05, 3.63) is 69.6 Å². The Kier molecular flexibility index (Phi) is 7.22. The highest BCUT2D eigenvalue weighted by atomic mass is 35.5. The molecule has 3 aromatic rings. The average molecular weight is 522 g/mol. The highest BCUT2D eigenvalue weighted by Crippen LogP contribution is 2.33. The molecule has 0 aliphatic rings. The number of hydrogen-bond donors (Lipinski definition) is 2. The maximum Gasteiger partial charge on any atom is 0.422 e. The molecule has 0 bridgehead atoms. The molecule has 178 valence electrons. The summed E-state index contributed by atoms with van der Waals surface area (Å²) in [5.41, 5.74) is -2.92. The van der Waals surface area contributed by atoms with E-state index in [2.05, 4.69) is 20.0 Å². The number of carbonyl (C=O) groups is 2. The number of rotatable bonds is 6. The molecular weight excluding hydrogens is 512 g/mol. The van der Waals surface area contributed by atoms with E-state index in [0.717, 1.165) is 12.3 Å².